The van der Waals surface area contributed by atoms with Crippen LogP contribution < -0.4 is 14.4 Å². The number of halogens is 2. The maximum Gasteiger partial charge on any atom is 0.264 e. The van der Waals surface area contributed by atoms with E-state index in [-0.39, 0.29) is 35.4 Å². The lowest BCUT2D eigenvalue weighted by Gasteiger charge is -2.34. The smallest absolute Gasteiger partial charge is 0.264 e. The van der Waals surface area contributed by atoms with E-state index in [9.17, 15) is 18.0 Å². The van der Waals surface area contributed by atoms with Crippen LogP contribution in [-0.4, -0.2) is 50.9 Å². The highest BCUT2D eigenvalue weighted by Gasteiger charge is 2.34. The fourth-order valence-electron chi connectivity index (χ4n) is 4.90. The van der Waals surface area contributed by atoms with E-state index in [0.29, 0.717) is 28.4 Å². The van der Waals surface area contributed by atoms with Gasteiger partial charge in [0.05, 0.1) is 17.2 Å². The summed E-state index contributed by atoms with van der Waals surface area (Å²) in [6.45, 7) is 6.20. The quantitative estimate of drug-likeness (QED) is 0.140. The molecule has 0 unspecified atom stereocenters. The van der Waals surface area contributed by atoms with Crippen molar-refractivity contribution in [3.63, 3.8) is 0 Å². The first kappa shape index (κ1) is 36.0. The highest BCUT2D eigenvalue weighted by Crippen LogP contribution is 2.28. The van der Waals surface area contributed by atoms with Gasteiger partial charge >= 0.3 is 0 Å². The highest BCUT2D eigenvalue weighted by atomic mass is 79.9. The van der Waals surface area contributed by atoms with E-state index in [1.807, 2.05) is 51.1 Å². The molecule has 0 aliphatic rings. The first-order valence-electron chi connectivity index (χ1n) is 15.3. The molecule has 8 nitrogen and oxygen atoms in total. The molecule has 0 aliphatic heterocycles. The third kappa shape index (κ3) is 10.1. The summed E-state index contributed by atoms with van der Waals surface area (Å²) < 4.78 is 35.8. The summed E-state index contributed by atoms with van der Waals surface area (Å²) in [6, 6.07) is 28.3. The summed E-state index contributed by atoms with van der Waals surface area (Å²) in [4.78, 5) is 29.9. The number of hydrogen-bond acceptors (Lipinski definition) is 5. The van der Waals surface area contributed by atoms with Crippen molar-refractivity contribution in [1.82, 2.24) is 10.2 Å². The van der Waals surface area contributed by atoms with E-state index < -0.39 is 28.5 Å². The molecule has 248 valence electrons. The summed E-state index contributed by atoms with van der Waals surface area (Å²) in [5.74, 6) is -0.121. The molecule has 2 amide bonds. The molecule has 47 heavy (non-hydrogen) atoms. The number of benzene rings is 4. The molecule has 11 heteroatoms. The highest BCUT2D eigenvalue weighted by molar-refractivity contribution is 9.10. The molecule has 0 saturated carbocycles. The van der Waals surface area contributed by atoms with Gasteiger partial charge in [0.15, 0.2) is 0 Å². The summed E-state index contributed by atoms with van der Waals surface area (Å²) in [5, 5.41) is 3.52. The number of ether oxygens (including phenoxy) is 1. The number of hydrogen-bond donors (Lipinski definition) is 1. The molecule has 0 bridgehead atoms. The zero-order chi connectivity index (χ0) is 34.0. The molecule has 0 spiro atoms. The Bertz CT molecular complexity index is 1720. The van der Waals surface area contributed by atoms with Crippen LogP contribution in [0.15, 0.2) is 112 Å². The predicted molar refractivity (Wildman–Crippen MR) is 190 cm³/mol. The topological polar surface area (TPSA) is 96.0 Å². The van der Waals surface area contributed by atoms with Crippen LogP contribution in [0.25, 0.3) is 0 Å². The van der Waals surface area contributed by atoms with Crippen LogP contribution in [-0.2, 0) is 32.6 Å². The maximum atomic E-state index is 14.6. The Kier molecular flexibility index (Phi) is 12.9. The van der Waals surface area contributed by atoms with E-state index in [0.717, 1.165) is 15.4 Å². The van der Waals surface area contributed by atoms with Gasteiger partial charge < -0.3 is 15.0 Å². The molecule has 4 aromatic rings. The normalized spacial score (nSPS) is 12.0. The van der Waals surface area contributed by atoms with E-state index in [4.69, 9.17) is 16.3 Å². The molecule has 0 aliphatic carbocycles. The van der Waals surface area contributed by atoms with Crippen LogP contribution in [0, 0.1) is 5.92 Å². The van der Waals surface area contributed by atoms with Crippen LogP contribution in [0.3, 0.4) is 0 Å². The number of anilines is 1. The summed E-state index contributed by atoms with van der Waals surface area (Å²) >= 11 is 9.52. The van der Waals surface area contributed by atoms with Crippen LogP contribution >= 0.6 is 27.5 Å². The molecule has 1 atom stereocenters. The number of carbonyl (C=O) groups is 2. The van der Waals surface area contributed by atoms with Crippen molar-refractivity contribution < 1.29 is 22.7 Å². The summed E-state index contributed by atoms with van der Waals surface area (Å²) in [5.41, 5.74) is 1.87. The minimum Gasteiger partial charge on any atom is -0.494 e. The lowest BCUT2D eigenvalue weighted by atomic mass is 10.0. The largest absolute Gasteiger partial charge is 0.494 e. The summed E-state index contributed by atoms with van der Waals surface area (Å²) in [7, 11) is -4.22. The number of sulfonamides is 1. The zero-order valence-electron chi connectivity index (χ0n) is 26.6. The Labute approximate surface area is 290 Å². The van der Waals surface area contributed by atoms with Crippen molar-refractivity contribution in [2.24, 2.45) is 5.92 Å². The molecule has 0 aromatic heterocycles. The van der Waals surface area contributed by atoms with E-state index in [2.05, 4.69) is 21.2 Å². The Morgan fingerprint density at radius 2 is 1.51 bits per heavy atom. The molecule has 1 N–H and O–H groups in total. The number of nitrogens with zero attached hydrogens (tertiary/aromatic N) is 2. The first-order chi connectivity index (χ1) is 22.5. The monoisotopic (exact) mass is 739 g/mol. The third-order valence-electron chi connectivity index (χ3n) is 7.34. The number of carbonyl (C=O) groups excluding carboxylic acids is 2. The lowest BCUT2D eigenvalue weighted by molar-refractivity contribution is -0.140. The maximum absolute atomic E-state index is 14.6. The molecule has 0 heterocycles. The molecular formula is C36H39BrClN3O5S. The van der Waals surface area contributed by atoms with E-state index in [1.54, 1.807) is 60.7 Å². The molecule has 0 saturated heterocycles. The van der Waals surface area contributed by atoms with Crippen molar-refractivity contribution in [1.29, 1.82) is 0 Å². The van der Waals surface area contributed by atoms with Gasteiger partial charge in [0.25, 0.3) is 10.0 Å². The second-order valence-corrected chi connectivity index (χ2v) is 14.6. The van der Waals surface area contributed by atoms with Gasteiger partial charge in [0.2, 0.25) is 11.8 Å². The molecule has 0 radical (unpaired) electrons. The second kappa shape index (κ2) is 16.8. The molecule has 4 aromatic carbocycles. The molecular weight excluding hydrogens is 702 g/mol. The minimum absolute atomic E-state index is 0.0159. The zero-order valence-corrected chi connectivity index (χ0v) is 29.8. The van der Waals surface area contributed by atoms with Crippen LogP contribution in [0.1, 0.15) is 31.9 Å². The molecule has 4 rings (SSSR count). The minimum atomic E-state index is -4.22. The average molecular weight is 741 g/mol. The van der Waals surface area contributed by atoms with Crippen LogP contribution in [0.2, 0.25) is 5.02 Å². The van der Waals surface area contributed by atoms with Crippen molar-refractivity contribution in [2.45, 2.75) is 44.7 Å². The van der Waals surface area contributed by atoms with Crippen molar-refractivity contribution in [3.8, 4) is 5.75 Å². The Morgan fingerprint density at radius 3 is 2.11 bits per heavy atom. The van der Waals surface area contributed by atoms with Gasteiger partial charge in [-0.25, -0.2) is 8.42 Å². The molecule has 0 fully saturated rings. The van der Waals surface area contributed by atoms with Gasteiger partial charge in [-0.15, -0.1) is 0 Å². The fraction of sp³-hybridized carbons (Fsp3) is 0.278. The van der Waals surface area contributed by atoms with Gasteiger partial charge in [-0.3, -0.25) is 13.9 Å². The van der Waals surface area contributed by atoms with E-state index >= 15 is 0 Å². The number of nitrogens with one attached hydrogen (secondary N) is 1. The average Bonchev–Trinajstić information content (AvgIpc) is 3.06. The van der Waals surface area contributed by atoms with Crippen molar-refractivity contribution >= 4 is 55.1 Å². The van der Waals surface area contributed by atoms with Gasteiger partial charge in [-0.05, 0) is 84.6 Å². The first-order valence-corrected chi connectivity index (χ1v) is 18.0. The standard InChI is InChI=1S/C36H39BrClN3O5S/c1-4-46-32-18-16-31(17-19-32)41(47(44,45)33-20-12-29(37)13-21-33)25-35(42)40(24-28-10-14-30(38)15-11-28)34(36(43)39-23-26(2)3)22-27-8-6-5-7-9-27/h5-21,26,34H,4,22-25H2,1-3H3,(H,39,43)/t34-/m0/s1. The third-order valence-corrected chi connectivity index (χ3v) is 9.91. The van der Waals surface area contributed by atoms with Gasteiger partial charge in [-0.2, -0.15) is 0 Å². The fourth-order valence-corrected chi connectivity index (χ4v) is 6.71. The Morgan fingerprint density at radius 1 is 0.872 bits per heavy atom. The van der Waals surface area contributed by atoms with Gasteiger partial charge in [0, 0.05) is 29.0 Å². The second-order valence-electron chi connectivity index (χ2n) is 11.4. The number of amides is 2. The van der Waals surface area contributed by atoms with Crippen LogP contribution in [0.4, 0.5) is 5.69 Å². The predicted octanol–water partition coefficient (Wildman–Crippen LogP) is 7.11. The Balaban J connectivity index is 1.79. The van der Waals surface area contributed by atoms with Crippen LogP contribution in [0.5, 0.6) is 5.75 Å². The lowest BCUT2D eigenvalue weighted by Crippen LogP contribution is -2.53. The van der Waals surface area contributed by atoms with E-state index in [1.165, 1.54) is 17.0 Å². The SMILES string of the molecule is CCOc1ccc(N(CC(=O)N(Cc2ccc(Cl)cc2)[C@@H](Cc2ccccc2)C(=O)NCC(C)C)S(=O)(=O)c2ccc(Br)cc2)cc1. The Hall–Kier alpha value is -3.86. The summed E-state index contributed by atoms with van der Waals surface area (Å²) in [6.07, 6.45) is 0.229. The number of rotatable bonds is 15. The van der Waals surface area contributed by atoms with Gasteiger partial charge in [0.1, 0.15) is 18.3 Å². The van der Waals surface area contributed by atoms with Crippen molar-refractivity contribution in [2.75, 3.05) is 24.0 Å². The van der Waals surface area contributed by atoms with Crippen molar-refractivity contribution in [3.05, 3.63) is 124 Å². The van der Waals surface area contributed by atoms with Gasteiger partial charge in [-0.1, -0.05) is 83.8 Å².